The maximum absolute atomic E-state index is 9.95. The minimum absolute atomic E-state index is 0.0678. The van der Waals surface area contributed by atoms with Gasteiger partial charge < -0.3 is 24.8 Å². The molecule has 0 aromatic heterocycles. The van der Waals surface area contributed by atoms with Crippen LogP contribution < -0.4 is 0 Å². The molecule has 1 fully saturated rings. The molecular formula is C25H48O5. The summed E-state index contributed by atoms with van der Waals surface area (Å²) in [5.74, 6) is 0. The van der Waals surface area contributed by atoms with E-state index in [9.17, 15) is 15.3 Å². The SMILES string of the molecule is CCCCCCCC/C=C/CCCCCCCCCOC[C@@H](O)[C@@H]1OC[C@H](O)[C@@H]1O. The van der Waals surface area contributed by atoms with Crippen LogP contribution in [0.1, 0.15) is 103 Å². The van der Waals surface area contributed by atoms with Gasteiger partial charge in [-0.05, 0) is 32.1 Å². The first-order chi connectivity index (χ1) is 14.7. The Balaban J connectivity index is 1.77. The fraction of sp³-hybridized carbons (Fsp3) is 0.920. The van der Waals surface area contributed by atoms with E-state index < -0.39 is 24.4 Å². The second-order valence-corrected chi connectivity index (χ2v) is 8.79. The normalized spacial score (nSPS) is 22.9. The molecule has 1 aliphatic rings. The zero-order valence-corrected chi connectivity index (χ0v) is 19.4. The van der Waals surface area contributed by atoms with Crippen molar-refractivity contribution in [3.8, 4) is 0 Å². The van der Waals surface area contributed by atoms with Crippen molar-refractivity contribution in [2.24, 2.45) is 0 Å². The molecule has 1 rings (SSSR count). The van der Waals surface area contributed by atoms with E-state index in [-0.39, 0.29) is 13.2 Å². The summed E-state index contributed by atoms with van der Waals surface area (Å²) < 4.78 is 10.7. The van der Waals surface area contributed by atoms with E-state index in [2.05, 4.69) is 19.1 Å². The van der Waals surface area contributed by atoms with Crippen LogP contribution in [0.4, 0.5) is 0 Å². The highest BCUT2D eigenvalue weighted by Gasteiger charge is 2.39. The first kappa shape index (κ1) is 27.6. The number of hydrogen-bond acceptors (Lipinski definition) is 5. The fourth-order valence-corrected chi connectivity index (χ4v) is 3.89. The zero-order valence-electron chi connectivity index (χ0n) is 19.4. The Morgan fingerprint density at radius 3 is 1.90 bits per heavy atom. The maximum Gasteiger partial charge on any atom is 0.114 e. The Morgan fingerprint density at radius 2 is 1.37 bits per heavy atom. The van der Waals surface area contributed by atoms with Gasteiger partial charge in [0.2, 0.25) is 0 Å². The molecule has 1 saturated heterocycles. The standard InChI is InChI=1S/C25H48O5/c1-2-3-4-5-6-7-8-9-10-11-12-13-14-15-16-17-18-19-29-20-23(27)25-24(28)22(26)21-30-25/h9-10,22-28H,2-8,11-21H2,1H3/b10-9+/t22-,23+,24-,25-/m0/s1. The molecule has 1 heterocycles. The van der Waals surface area contributed by atoms with Crippen LogP contribution in [0.25, 0.3) is 0 Å². The van der Waals surface area contributed by atoms with Gasteiger partial charge in [0.05, 0.1) is 13.2 Å². The number of aliphatic hydroxyl groups is 3. The quantitative estimate of drug-likeness (QED) is 0.190. The summed E-state index contributed by atoms with van der Waals surface area (Å²) in [7, 11) is 0. The molecule has 5 nitrogen and oxygen atoms in total. The van der Waals surface area contributed by atoms with Crippen LogP contribution in [0.15, 0.2) is 12.2 Å². The molecule has 0 aromatic carbocycles. The minimum atomic E-state index is -1.03. The minimum Gasteiger partial charge on any atom is -0.388 e. The van der Waals surface area contributed by atoms with Crippen molar-refractivity contribution in [1.29, 1.82) is 0 Å². The average Bonchev–Trinajstić information content (AvgIpc) is 3.08. The van der Waals surface area contributed by atoms with Crippen LogP contribution in [0.2, 0.25) is 0 Å². The molecule has 4 atom stereocenters. The van der Waals surface area contributed by atoms with E-state index in [1.54, 1.807) is 0 Å². The number of allylic oxidation sites excluding steroid dienone is 2. The van der Waals surface area contributed by atoms with E-state index in [4.69, 9.17) is 9.47 Å². The van der Waals surface area contributed by atoms with Crippen LogP contribution in [-0.4, -0.2) is 59.6 Å². The summed E-state index contributed by atoms with van der Waals surface area (Å²) in [6.07, 6.45) is 20.5. The molecule has 5 heteroatoms. The smallest absolute Gasteiger partial charge is 0.114 e. The average molecular weight is 429 g/mol. The summed E-state index contributed by atoms with van der Waals surface area (Å²) in [6.45, 7) is 3.09. The van der Waals surface area contributed by atoms with Gasteiger partial charge in [0.1, 0.15) is 24.4 Å². The van der Waals surface area contributed by atoms with Crippen LogP contribution >= 0.6 is 0 Å². The van der Waals surface area contributed by atoms with Crippen LogP contribution in [0.3, 0.4) is 0 Å². The van der Waals surface area contributed by atoms with Crippen molar-refractivity contribution in [2.75, 3.05) is 19.8 Å². The third-order valence-electron chi connectivity index (χ3n) is 5.91. The Morgan fingerprint density at radius 1 is 0.833 bits per heavy atom. The molecule has 0 amide bonds. The third-order valence-corrected chi connectivity index (χ3v) is 5.91. The molecule has 0 spiro atoms. The third kappa shape index (κ3) is 13.8. The summed E-state index contributed by atoms with van der Waals surface area (Å²) in [4.78, 5) is 0. The number of aliphatic hydroxyl groups excluding tert-OH is 3. The molecule has 0 aromatic rings. The van der Waals surface area contributed by atoms with Crippen molar-refractivity contribution in [3.05, 3.63) is 12.2 Å². The number of ether oxygens (including phenoxy) is 2. The molecule has 0 unspecified atom stereocenters. The van der Waals surface area contributed by atoms with Gasteiger partial charge in [0, 0.05) is 6.61 Å². The molecule has 0 aliphatic carbocycles. The van der Waals surface area contributed by atoms with Crippen LogP contribution in [-0.2, 0) is 9.47 Å². The van der Waals surface area contributed by atoms with E-state index in [0.717, 1.165) is 12.8 Å². The van der Waals surface area contributed by atoms with Gasteiger partial charge in [-0.15, -0.1) is 0 Å². The Labute approximate surface area is 184 Å². The fourth-order valence-electron chi connectivity index (χ4n) is 3.89. The highest BCUT2D eigenvalue weighted by atomic mass is 16.5. The molecular weight excluding hydrogens is 380 g/mol. The van der Waals surface area contributed by atoms with Crippen molar-refractivity contribution in [3.63, 3.8) is 0 Å². The Kier molecular flexibility index (Phi) is 17.7. The molecule has 178 valence electrons. The Hall–Kier alpha value is -0.460. The lowest BCUT2D eigenvalue weighted by molar-refractivity contribution is -0.0813. The lowest BCUT2D eigenvalue weighted by Crippen LogP contribution is -2.40. The highest BCUT2D eigenvalue weighted by Crippen LogP contribution is 2.18. The molecule has 1 aliphatic heterocycles. The largest absolute Gasteiger partial charge is 0.388 e. The lowest BCUT2D eigenvalue weighted by Gasteiger charge is -2.20. The first-order valence-electron chi connectivity index (χ1n) is 12.5. The highest BCUT2D eigenvalue weighted by molar-refractivity contribution is 4.87. The monoisotopic (exact) mass is 428 g/mol. The zero-order chi connectivity index (χ0) is 21.9. The van der Waals surface area contributed by atoms with Gasteiger partial charge in [-0.2, -0.15) is 0 Å². The topological polar surface area (TPSA) is 79.2 Å². The second kappa shape index (κ2) is 19.2. The van der Waals surface area contributed by atoms with Crippen molar-refractivity contribution in [2.45, 2.75) is 128 Å². The van der Waals surface area contributed by atoms with E-state index in [1.165, 1.54) is 83.5 Å². The molecule has 0 radical (unpaired) electrons. The molecule has 3 N–H and O–H groups in total. The maximum atomic E-state index is 9.95. The second-order valence-electron chi connectivity index (χ2n) is 8.79. The van der Waals surface area contributed by atoms with E-state index in [1.807, 2.05) is 0 Å². The molecule has 30 heavy (non-hydrogen) atoms. The van der Waals surface area contributed by atoms with Gasteiger partial charge in [0.15, 0.2) is 0 Å². The number of unbranched alkanes of at least 4 members (excludes halogenated alkanes) is 13. The molecule has 0 bridgehead atoms. The first-order valence-corrected chi connectivity index (χ1v) is 12.5. The van der Waals surface area contributed by atoms with E-state index in [0.29, 0.717) is 6.61 Å². The van der Waals surface area contributed by atoms with E-state index >= 15 is 0 Å². The van der Waals surface area contributed by atoms with Gasteiger partial charge >= 0.3 is 0 Å². The van der Waals surface area contributed by atoms with Gasteiger partial charge in [-0.3, -0.25) is 0 Å². The van der Waals surface area contributed by atoms with Gasteiger partial charge in [0.25, 0.3) is 0 Å². The summed E-state index contributed by atoms with van der Waals surface area (Å²) >= 11 is 0. The van der Waals surface area contributed by atoms with Crippen molar-refractivity contribution in [1.82, 2.24) is 0 Å². The summed E-state index contributed by atoms with van der Waals surface area (Å²) in [6, 6.07) is 0. The van der Waals surface area contributed by atoms with Crippen molar-refractivity contribution < 1.29 is 24.8 Å². The Bertz CT molecular complexity index is 401. The van der Waals surface area contributed by atoms with Gasteiger partial charge in [-0.1, -0.05) is 83.3 Å². The number of hydrogen-bond donors (Lipinski definition) is 3. The lowest BCUT2D eigenvalue weighted by atomic mass is 10.1. The van der Waals surface area contributed by atoms with Crippen LogP contribution in [0, 0.1) is 0 Å². The van der Waals surface area contributed by atoms with Gasteiger partial charge in [-0.25, -0.2) is 0 Å². The van der Waals surface area contributed by atoms with Crippen LogP contribution in [0.5, 0.6) is 0 Å². The van der Waals surface area contributed by atoms with Crippen molar-refractivity contribution >= 4 is 0 Å². The summed E-state index contributed by atoms with van der Waals surface area (Å²) in [5.41, 5.74) is 0. The summed E-state index contributed by atoms with van der Waals surface area (Å²) in [5, 5.41) is 29.1. The molecule has 0 saturated carbocycles. The predicted octanol–water partition coefficient (Wildman–Crippen LogP) is 4.91. The predicted molar refractivity (Wildman–Crippen MR) is 123 cm³/mol. The number of rotatable bonds is 20.